The molecule has 0 atom stereocenters. The number of rotatable bonds is 4. The number of nitrogens with one attached hydrogen (secondary N) is 1. The summed E-state index contributed by atoms with van der Waals surface area (Å²) < 4.78 is 50.7. The second-order valence-electron chi connectivity index (χ2n) is 4.67. The van der Waals surface area contributed by atoms with Gasteiger partial charge < -0.3 is 5.32 Å². The molecule has 0 unspecified atom stereocenters. The molecule has 1 aromatic heterocycles. The monoisotopic (exact) mass is 334 g/mol. The molecule has 0 spiro atoms. The molecule has 118 valence electrons. The van der Waals surface area contributed by atoms with E-state index in [-0.39, 0.29) is 36.9 Å². The number of nitrogens with zero attached hydrogens (tertiary/aromatic N) is 3. The van der Waals surface area contributed by atoms with Crippen molar-refractivity contribution in [3.63, 3.8) is 0 Å². The first-order valence-electron chi connectivity index (χ1n) is 6.35. The van der Waals surface area contributed by atoms with E-state index in [1.54, 1.807) is 13.1 Å². The third kappa shape index (κ3) is 3.34. The van der Waals surface area contributed by atoms with E-state index in [0.717, 1.165) is 6.26 Å². The number of aromatic nitrogens is 1. The van der Waals surface area contributed by atoms with Crippen molar-refractivity contribution in [3.8, 4) is 0 Å². The molecule has 0 bridgehead atoms. The van der Waals surface area contributed by atoms with E-state index in [1.807, 2.05) is 0 Å². The van der Waals surface area contributed by atoms with Crippen LogP contribution in [0.2, 0.25) is 0 Å². The first-order valence-corrected chi connectivity index (χ1v) is 9.63. The van der Waals surface area contributed by atoms with E-state index in [4.69, 9.17) is 0 Å². The van der Waals surface area contributed by atoms with Crippen LogP contribution < -0.4 is 5.32 Å². The molecule has 2 heterocycles. The van der Waals surface area contributed by atoms with Gasteiger partial charge in [0.2, 0.25) is 20.0 Å². The minimum atomic E-state index is -3.69. The van der Waals surface area contributed by atoms with E-state index in [2.05, 4.69) is 10.3 Å². The lowest BCUT2D eigenvalue weighted by atomic mass is 10.4. The van der Waals surface area contributed by atoms with Gasteiger partial charge >= 0.3 is 0 Å². The highest BCUT2D eigenvalue weighted by Crippen LogP contribution is 2.23. The highest BCUT2D eigenvalue weighted by molar-refractivity contribution is 7.89. The van der Waals surface area contributed by atoms with Crippen LogP contribution in [0.4, 0.5) is 5.82 Å². The molecule has 0 amide bonds. The minimum absolute atomic E-state index is 0.0975. The third-order valence-corrected chi connectivity index (χ3v) is 6.53. The van der Waals surface area contributed by atoms with Crippen molar-refractivity contribution in [3.05, 3.63) is 18.3 Å². The fraction of sp³-hybridized carbons (Fsp3) is 0.545. The van der Waals surface area contributed by atoms with E-state index >= 15 is 0 Å². The van der Waals surface area contributed by atoms with Gasteiger partial charge in [-0.2, -0.15) is 8.61 Å². The van der Waals surface area contributed by atoms with Crippen LogP contribution in [0.25, 0.3) is 0 Å². The number of pyridine rings is 1. The van der Waals surface area contributed by atoms with Crippen LogP contribution in [0.15, 0.2) is 23.2 Å². The SMILES string of the molecule is CNc1ncccc1S(=O)(=O)N1CCN(S(C)(=O)=O)CC1. The molecule has 1 N–H and O–H groups in total. The van der Waals surface area contributed by atoms with Crippen molar-refractivity contribution in [1.82, 2.24) is 13.6 Å². The van der Waals surface area contributed by atoms with Crippen molar-refractivity contribution in [1.29, 1.82) is 0 Å². The average Bonchev–Trinajstić information content (AvgIpc) is 2.46. The van der Waals surface area contributed by atoms with Crippen molar-refractivity contribution in [2.45, 2.75) is 4.90 Å². The van der Waals surface area contributed by atoms with Gasteiger partial charge in [-0.15, -0.1) is 0 Å². The maximum absolute atomic E-state index is 12.6. The normalized spacial score (nSPS) is 18.6. The number of piperazine rings is 1. The molecule has 1 saturated heterocycles. The Morgan fingerprint density at radius 2 is 1.67 bits per heavy atom. The van der Waals surface area contributed by atoms with Crippen molar-refractivity contribution in [2.75, 3.05) is 44.8 Å². The molecule has 1 fully saturated rings. The maximum Gasteiger partial charge on any atom is 0.246 e. The summed E-state index contributed by atoms with van der Waals surface area (Å²) in [5, 5.41) is 2.75. The second-order valence-corrected chi connectivity index (χ2v) is 8.56. The molecule has 1 aliphatic heterocycles. The smallest absolute Gasteiger partial charge is 0.246 e. The van der Waals surface area contributed by atoms with Gasteiger partial charge in [0.1, 0.15) is 10.7 Å². The standard InChI is InChI=1S/C11H18N4O4S2/c1-12-11-10(4-3-5-13-11)21(18,19)15-8-6-14(7-9-15)20(2,16)17/h3-5H,6-9H2,1-2H3,(H,12,13). The van der Waals surface area contributed by atoms with Gasteiger partial charge in [-0.25, -0.2) is 21.8 Å². The number of anilines is 1. The second kappa shape index (κ2) is 5.87. The third-order valence-electron chi connectivity index (χ3n) is 3.29. The van der Waals surface area contributed by atoms with Crippen LogP contribution in [0.1, 0.15) is 0 Å². The highest BCUT2D eigenvalue weighted by atomic mass is 32.2. The Kier molecular flexibility index (Phi) is 4.51. The molecule has 2 rings (SSSR count). The molecule has 0 aromatic carbocycles. The van der Waals surface area contributed by atoms with Gasteiger partial charge in [0.15, 0.2) is 0 Å². The van der Waals surface area contributed by atoms with Crippen LogP contribution in [0.3, 0.4) is 0 Å². The van der Waals surface area contributed by atoms with Crippen LogP contribution in [-0.4, -0.2) is 69.9 Å². The Morgan fingerprint density at radius 3 is 2.19 bits per heavy atom. The zero-order valence-corrected chi connectivity index (χ0v) is 13.5. The summed E-state index contributed by atoms with van der Waals surface area (Å²) in [6.07, 6.45) is 2.63. The average molecular weight is 334 g/mol. The van der Waals surface area contributed by atoms with E-state index < -0.39 is 20.0 Å². The van der Waals surface area contributed by atoms with Crippen molar-refractivity contribution in [2.24, 2.45) is 0 Å². The Bertz CT molecular complexity index is 709. The summed E-state index contributed by atoms with van der Waals surface area (Å²) >= 11 is 0. The summed E-state index contributed by atoms with van der Waals surface area (Å²) in [5.74, 6) is 0.281. The van der Waals surface area contributed by atoms with Crippen LogP contribution >= 0.6 is 0 Å². The molecule has 0 saturated carbocycles. The maximum atomic E-state index is 12.6. The molecule has 0 radical (unpaired) electrons. The molecule has 8 nitrogen and oxygen atoms in total. The Balaban J connectivity index is 2.23. The van der Waals surface area contributed by atoms with Gasteiger partial charge in [-0.05, 0) is 12.1 Å². The molecule has 0 aliphatic carbocycles. The fourth-order valence-electron chi connectivity index (χ4n) is 2.17. The highest BCUT2D eigenvalue weighted by Gasteiger charge is 2.32. The fourth-order valence-corrected chi connectivity index (χ4v) is 4.57. The quantitative estimate of drug-likeness (QED) is 0.788. The predicted octanol–water partition coefficient (Wildman–Crippen LogP) is -0.611. The van der Waals surface area contributed by atoms with E-state index in [0.29, 0.717) is 0 Å². The summed E-state index contributed by atoms with van der Waals surface area (Å²) in [6, 6.07) is 3.04. The Hall–Kier alpha value is -1.23. The molecular formula is C11H18N4O4S2. The van der Waals surface area contributed by atoms with E-state index in [9.17, 15) is 16.8 Å². The van der Waals surface area contributed by atoms with Crippen LogP contribution in [-0.2, 0) is 20.0 Å². The zero-order valence-electron chi connectivity index (χ0n) is 11.9. The lowest BCUT2D eigenvalue weighted by Crippen LogP contribution is -2.50. The summed E-state index contributed by atoms with van der Waals surface area (Å²) in [7, 11) is -5.37. The first kappa shape index (κ1) is 16.1. The van der Waals surface area contributed by atoms with Gasteiger partial charge in [0, 0.05) is 39.4 Å². The Morgan fingerprint density at radius 1 is 1.10 bits per heavy atom. The lowest BCUT2D eigenvalue weighted by Gasteiger charge is -2.32. The van der Waals surface area contributed by atoms with Gasteiger partial charge in [-0.1, -0.05) is 0 Å². The van der Waals surface area contributed by atoms with Crippen LogP contribution in [0.5, 0.6) is 0 Å². The topological polar surface area (TPSA) is 99.7 Å². The van der Waals surface area contributed by atoms with Crippen molar-refractivity contribution >= 4 is 25.9 Å². The van der Waals surface area contributed by atoms with Crippen molar-refractivity contribution < 1.29 is 16.8 Å². The van der Waals surface area contributed by atoms with Gasteiger partial charge in [0.25, 0.3) is 0 Å². The minimum Gasteiger partial charge on any atom is -0.372 e. The summed E-state index contributed by atoms with van der Waals surface area (Å²) in [5.41, 5.74) is 0. The largest absolute Gasteiger partial charge is 0.372 e. The molecule has 10 heteroatoms. The Labute approximate surface area is 124 Å². The van der Waals surface area contributed by atoms with Crippen LogP contribution in [0, 0.1) is 0 Å². The molecule has 21 heavy (non-hydrogen) atoms. The van der Waals surface area contributed by atoms with E-state index in [1.165, 1.54) is 20.9 Å². The lowest BCUT2D eigenvalue weighted by molar-refractivity contribution is 0.274. The number of hydrogen-bond donors (Lipinski definition) is 1. The van der Waals surface area contributed by atoms with Gasteiger partial charge in [0.05, 0.1) is 6.26 Å². The molecule has 1 aromatic rings. The summed E-state index contributed by atoms with van der Waals surface area (Å²) in [6.45, 7) is 0.585. The van der Waals surface area contributed by atoms with Gasteiger partial charge in [-0.3, -0.25) is 0 Å². The zero-order chi connectivity index (χ0) is 15.7. The predicted molar refractivity (Wildman–Crippen MR) is 79.0 cm³/mol. The first-order chi connectivity index (χ1) is 9.76. The summed E-state index contributed by atoms with van der Waals surface area (Å²) in [4.78, 5) is 4.09. The molecule has 1 aliphatic rings. The number of sulfonamides is 2. The number of hydrogen-bond acceptors (Lipinski definition) is 6. The molecular weight excluding hydrogens is 316 g/mol.